The highest BCUT2D eigenvalue weighted by Gasteiger charge is 2.35. The van der Waals surface area contributed by atoms with Gasteiger partial charge in [0.05, 0.1) is 12.7 Å². The van der Waals surface area contributed by atoms with Gasteiger partial charge < -0.3 is 14.9 Å². The second kappa shape index (κ2) is 7.33. The van der Waals surface area contributed by atoms with Gasteiger partial charge in [0, 0.05) is 12.8 Å². The normalized spacial score (nSPS) is 20.2. The molecule has 1 aliphatic carbocycles. The smallest absolute Gasteiger partial charge is 0.303 e. The Bertz CT molecular complexity index is 774. The summed E-state index contributed by atoms with van der Waals surface area (Å²) in [6.45, 7) is 0.927. The van der Waals surface area contributed by atoms with Crippen molar-refractivity contribution in [3.05, 3.63) is 70.5 Å². The fourth-order valence-corrected chi connectivity index (χ4v) is 3.58. The molecule has 0 aliphatic heterocycles. The van der Waals surface area contributed by atoms with E-state index in [2.05, 4.69) is 0 Å². The zero-order valence-corrected chi connectivity index (χ0v) is 14.0. The van der Waals surface area contributed by atoms with Crippen LogP contribution in [0, 0.1) is 5.82 Å². The standard InChI is InChI=1S/C20H21FO4/c1-12(23)25-20-18-9-15(21)7-6-14(18)8-13-4-2-3-5-17(13)19(20)10-16(24)11-22/h2-7,9,16,19-20,22,24H,8,10-11H2,1H3/t16-,19+,20-/m1/s1. The Balaban J connectivity index is 2.17. The summed E-state index contributed by atoms with van der Waals surface area (Å²) in [5, 5.41) is 19.3. The minimum atomic E-state index is -0.953. The lowest BCUT2D eigenvalue weighted by Gasteiger charge is -2.29. The summed E-state index contributed by atoms with van der Waals surface area (Å²) in [5.74, 6) is -1.24. The van der Waals surface area contributed by atoms with Gasteiger partial charge in [0.25, 0.3) is 0 Å². The molecule has 4 nitrogen and oxygen atoms in total. The molecule has 2 aromatic carbocycles. The van der Waals surface area contributed by atoms with Crippen molar-refractivity contribution in [1.29, 1.82) is 0 Å². The fraction of sp³-hybridized carbons (Fsp3) is 0.350. The molecule has 0 bridgehead atoms. The number of carbonyl (C=O) groups excluding carboxylic acids is 1. The number of hydrogen-bond acceptors (Lipinski definition) is 4. The minimum Gasteiger partial charge on any atom is -0.457 e. The highest BCUT2D eigenvalue weighted by Crippen LogP contribution is 2.44. The summed E-state index contributed by atoms with van der Waals surface area (Å²) in [4.78, 5) is 11.7. The van der Waals surface area contributed by atoms with E-state index in [9.17, 15) is 19.4 Å². The number of benzene rings is 2. The molecule has 2 N–H and O–H groups in total. The first-order valence-electron chi connectivity index (χ1n) is 8.32. The highest BCUT2D eigenvalue weighted by molar-refractivity contribution is 5.66. The van der Waals surface area contributed by atoms with Crippen LogP contribution in [0.1, 0.15) is 47.6 Å². The zero-order valence-electron chi connectivity index (χ0n) is 14.0. The van der Waals surface area contributed by atoms with E-state index in [1.54, 1.807) is 6.07 Å². The Morgan fingerprint density at radius 1 is 1.24 bits per heavy atom. The molecular formula is C20H21FO4. The largest absolute Gasteiger partial charge is 0.457 e. The van der Waals surface area contributed by atoms with E-state index in [-0.39, 0.29) is 18.9 Å². The van der Waals surface area contributed by atoms with Crippen LogP contribution in [0.25, 0.3) is 0 Å². The molecule has 2 aromatic rings. The van der Waals surface area contributed by atoms with Crippen molar-refractivity contribution in [1.82, 2.24) is 0 Å². The van der Waals surface area contributed by atoms with Gasteiger partial charge in [-0.3, -0.25) is 4.79 Å². The molecule has 3 rings (SSSR count). The predicted octanol–water partition coefficient (Wildman–Crippen LogP) is 2.86. The van der Waals surface area contributed by atoms with Gasteiger partial charge in [-0.1, -0.05) is 30.3 Å². The molecule has 5 heteroatoms. The number of rotatable bonds is 4. The summed E-state index contributed by atoms with van der Waals surface area (Å²) in [6.07, 6.45) is -0.865. The predicted molar refractivity (Wildman–Crippen MR) is 90.6 cm³/mol. The molecule has 0 saturated heterocycles. The van der Waals surface area contributed by atoms with Gasteiger partial charge in [-0.15, -0.1) is 0 Å². The number of aliphatic hydroxyl groups is 2. The highest BCUT2D eigenvalue weighted by atomic mass is 19.1. The van der Waals surface area contributed by atoms with Crippen molar-refractivity contribution >= 4 is 5.97 Å². The lowest BCUT2D eigenvalue weighted by atomic mass is 9.84. The van der Waals surface area contributed by atoms with Crippen molar-refractivity contribution in [2.75, 3.05) is 6.61 Å². The molecule has 1 aliphatic rings. The first-order valence-corrected chi connectivity index (χ1v) is 8.32. The first kappa shape index (κ1) is 17.6. The van der Waals surface area contributed by atoms with Gasteiger partial charge in [0.2, 0.25) is 0 Å². The summed E-state index contributed by atoms with van der Waals surface area (Å²) in [5.41, 5.74) is 3.49. The Morgan fingerprint density at radius 2 is 1.96 bits per heavy atom. The Labute approximate surface area is 145 Å². The van der Waals surface area contributed by atoms with Gasteiger partial charge in [0.15, 0.2) is 0 Å². The maximum atomic E-state index is 13.9. The number of halogens is 1. The third kappa shape index (κ3) is 3.72. The monoisotopic (exact) mass is 344 g/mol. The molecule has 0 radical (unpaired) electrons. The summed E-state index contributed by atoms with van der Waals surface area (Å²) >= 11 is 0. The van der Waals surface area contributed by atoms with Crippen LogP contribution >= 0.6 is 0 Å². The van der Waals surface area contributed by atoms with Gasteiger partial charge in [0.1, 0.15) is 11.9 Å². The van der Waals surface area contributed by atoms with Gasteiger partial charge in [-0.25, -0.2) is 4.39 Å². The SMILES string of the molecule is CC(=O)O[C@@H]1c2cc(F)ccc2Cc2ccccc2[C@@H]1C[C@@H](O)CO. The molecule has 0 amide bonds. The van der Waals surface area contributed by atoms with Crippen molar-refractivity contribution in [2.45, 2.75) is 37.9 Å². The number of fused-ring (bicyclic) bond motifs is 2. The van der Waals surface area contributed by atoms with E-state index in [4.69, 9.17) is 4.74 Å². The molecule has 132 valence electrons. The lowest BCUT2D eigenvalue weighted by molar-refractivity contribution is -0.148. The molecule has 0 saturated carbocycles. The van der Waals surface area contributed by atoms with E-state index in [1.807, 2.05) is 24.3 Å². The van der Waals surface area contributed by atoms with Crippen LogP contribution in [-0.4, -0.2) is 28.9 Å². The van der Waals surface area contributed by atoms with E-state index < -0.39 is 24.0 Å². The topological polar surface area (TPSA) is 66.8 Å². The van der Waals surface area contributed by atoms with Crippen molar-refractivity contribution in [3.8, 4) is 0 Å². The summed E-state index contributed by atoms with van der Waals surface area (Å²) in [7, 11) is 0. The second-order valence-corrected chi connectivity index (χ2v) is 6.43. The molecule has 0 spiro atoms. The van der Waals surface area contributed by atoms with Crippen molar-refractivity contribution in [2.24, 2.45) is 0 Å². The number of carbonyl (C=O) groups is 1. The third-order valence-corrected chi connectivity index (χ3v) is 4.65. The molecule has 0 fully saturated rings. The van der Waals surface area contributed by atoms with Crippen LogP contribution in [0.3, 0.4) is 0 Å². The van der Waals surface area contributed by atoms with Crippen molar-refractivity contribution in [3.63, 3.8) is 0 Å². The average molecular weight is 344 g/mol. The van der Waals surface area contributed by atoms with Gasteiger partial charge in [-0.2, -0.15) is 0 Å². The summed E-state index contributed by atoms with van der Waals surface area (Å²) in [6, 6.07) is 12.2. The number of aliphatic hydroxyl groups excluding tert-OH is 2. The average Bonchev–Trinajstić information content (AvgIpc) is 2.70. The molecule has 3 atom stereocenters. The number of ether oxygens (including phenoxy) is 1. The first-order chi connectivity index (χ1) is 12.0. The van der Waals surface area contributed by atoms with Crippen molar-refractivity contribution < 1.29 is 24.1 Å². The third-order valence-electron chi connectivity index (χ3n) is 4.65. The fourth-order valence-electron chi connectivity index (χ4n) is 3.58. The Morgan fingerprint density at radius 3 is 2.68 bits per heavy atom. The maximum Gasteiger partial charge on any atom is 0.303 e. The van der Waals surface area contributed by atoms with E-state index >= 15 is 0 Å². The van der Waals surface area contributed by atoms with E-state index in [0.29, 0.717) is 12.0 Å². The number of hydrogen-bond donors (Lipinski definition) is 2. The quantitative estimate of drug-likeness (QED) is 0.837. The van der Waals surface area contributed by atoms with Crippen LogP contribution < -0.4 is 0 Å². The van der Waals surface area contributed by atoms with Gasteiger partial charge >= 0.3 is 5.97 Å². The van der Waals surface area contributed by atoms with Crippen LogP contribution in [0.4, 0.5) is 4.39 Å². The van der Waals surface area contributed by atoms with Crippen LogP contribution in [0.15, 0.2) is 42.5 Å². The maximum absolute atomic E-state index is 13.9. The molecule has 25 heavy (non-hydrogen) atoms. The second-order valence-electron chi connectivity index (χ2n) is 6.43. The Hall–Kier alpha value is -2.24. The Kier molecular flexibility index (Phi) is 5.16. The lowest BCUT2D eigenvalue weighted by Crippen LogP contribution is -2.24. The van der Waals surface area contributed by atoms with Crippen LogP contribution in [0.2, 0.25) is 0 Å². The van der Waals surface area contributed by atoms with E-state index in [0.717, 1.165) is 16.7 Å². The van der Waals surface area contributed by atoms with E-state index in [1.165, 1.54) is 19.1 Å². The number of esters is 1. The van der Waals surface area contributed by atoms with Gasteiger partial charge in [-0.05, 0) is 47.2 Å². The molecule has 0 aromatic heterocycles. The molecule has 0 heterocycles. The molecular weight excluding hydrogens is 323 g/mol. The van der Waals surface area contributed by atoms with Crippen LogP contribution in [-0.2, 0) is 16.0 Å². The zero-order chi connectivity index (χ0) is 18.0. The van der Waals surface area contributed by atoms with Crippen LogP contribution in [0.5, 0.6) is 0 Å². The molecule has 0 unspecified atom stereocenters. The summed E-state index contributed by atoms with van der Waals surface area (Å²) < 4.78 is 19.5. The minimum absolute atomic E-state index is 0.210.